The Morgan fingerprint density at radius 2 is 1.61 bits per heavy atom. The number of fused-ring (bicyclic) bond motifs is 1. The Balaban J connectivity index is 1.84. The topological polar surface area (TPSA) is 95.6 Å². The van der Waals surface area contributed by atoms with Crippen molar-refractivity contribution >= 4 is 32.1 Å². The molecule has 0 unspecified atom stereocenters. The molecular formula is C33H45N3O4S. The molecule has 8 heteroatoms. The number of ether oxygens (including phenoxy) is 1. The van der Waals surface area contributed by atoms with Gasteiger partial charge in [0.2, 0.25) is 0 Å². The fourth-order valence-electron chi connectivity index (χ4n) is 4.72. The molecule has 41 heavy (non-hydrogen) atoms. The molecule has 3 rings (SSSR count). The van der Waals surface area contributed by atoms with Gasteiger partial charge >= 0.3 is 0 Å². The van der Waals surface area contributed by atoms with Crippen LogP contribution < -0.4 is 9.62 Å². The van der Waals surface area contributed by atoms with Gasteiger partial charge < -0.3 is 14.1 Å². The summed E-state index contributed by atoms with van der Waals surface area (Å²) in [5, 5.41) is 12.1. The number of nitrogens with one attached hydrogen (secondary N) is 1. The van der Waals surface area contributed by atoms with Crippen LogP contribution in [0.5, 0.6) is 0 Å². The number of sulfonamides is 1. The van der Waals surface area contributed by atoms with E-state index in [0.29, 0.717) is 24.5 Å². The van der Waals surface area contributed by atoms with Crippen LogP contribution in [0.2, 0.25) is 0 Å². The van der Waals surface area contributed by atoms with Crippen LogP contribution >= 0.6 is 0 Å². The van der Waals surface area contributed by atoms with E-state index < -0.39 is 15.6 Å². The molecule has 0 atom stereocenters. The van der Waals surface area contributed by atoms with Gasteiger partial charge in [-0.25, -0.2) is 13.1 Å². The number of nitrogens with zero attached hydrogens (tertiary/aromatic N) is 2. The maximum absolute atomic E-state index is 13.3. The lowest BCUT2D eigenvalue weighted by atomic mass is 10.0. The Bertz CT molecular complexity index is 1520. The Morgan fingerprint density at radius 3 is 2.22 bits per heavy atom. The zero-order chi connectivity index (χ0) is 30.4. The monoisotopic (exact) mass is 579 g/mol. The maximum atomic E-state index is 13.3. The molecule has 1 N–H and O–H groups in total. The SMILES string of the molecule is CCCN(CCC)c1ccc2cc(-c3ccc(C(C)=C(C#N)S(=O)(=O)NC(C)(C)CCOC(C)(C)C)o3)ccc2c1. The van der Waals surface area contributed by atoms with E-state index in [9.17, 15) is 13.7 Å². The second kappa shape index (κ2) is 13.2. The zero-order valence-electron chi connectivity index (χ0n) is 25.8. The van der Waals surface area contributed by atoms with E-state index in [2.05, 4.69) is 53.8 Å². The quantitative estimate of drug-likeness (QED) is 0.207. The number of hydrogen-bond donors (Lipinski definition) is 1. The molecule has 0 aliphatic rings. The van der Waals surface area contributed by atoms with E-state index in [1.54, 1.807) is 32.9 Å². The molecule has 0 bridgehead atoms. The van der Waals surface area contributed by atoms with Crippen LogP contribution in [0.4, 0.5) is 5.69 Å². The number of hydrogen-bond acceptors (Lipinski definition) is 6. The highest BCUT2D eigenvalue weighted by molar-refractivity contribution is 7.94. The third-order valence-corrected chi connectivity index (χ3v) is 8.58. The van der Waals surface area contributed by atoms with Crippen LogP contribution in [0.1, 0.15) is 80.4 Å². The third-order valence-electron chi connectivity index (χ3n) is 6.82. The predicted octanol–water partition coefficient (Wildman–Crippen LogP) is 7.88. The smallest absolute Gasteiger partial charge is 0.251 e. The molecule has 1 aromatic heterocycles. The second-order valence-corrected chi connectivity index (χ2v) is 13.8. The number of furan rings is 1. The minimum absolute atomic E-state index is 0.255. The Morgan fingerprint density at radius 1 is 0.976 bits per heavy atom. The van der Waals surface area contributed by atoms with Crippen LogP contribution in [0.3, 0.4) is 0 Å². The first-order valence-electron chi connectivity index (χ1n) is 14.4. The largest absolute Gasteiger partial charge is 0.456 e. The van der Waals surface area contributed by atoms with Gasteiger partial charge in [0.15, 0.2) is 4.91 Å². The summed E-state index contributed by atoms with van der Waals surface area (Å²) in [6.07, 6.45) is 2.65. The molecule has 0 radical (unpaired) electrons. The van der Waals surface area contributed by atoms with Crippen molar-refractivity contribution in [1.82, 2.24) is 4.72 Å². The van der Waals surface area contributed by atoms with Crippen molar-refractivity contribution in [3.05, 3.63) is 59.2 Å². The number of allylic oxidation sites excluding steroid dienone is 2. The van der Waals surface area contributed by atoms with E-state index in [4.69, 9.17) is 9.15 Å². The summed E-state index contributed by atoms with van der Waals surface area (Å²) in [6.45, 7) is 17.8. The van der Waals surface area contributed by atoms with Crippen LogP contribution in [0.25, 0.3) is 27.7 Å². The molecule has 0 aliphatic carbocycles. The van der Waals surface area contributed by atoms with Crippen LogP contribution in [0.15, 0.2) is 57.9 Å². The lowest BCUT2D eigenvalue weighted by molar-refractivity contribution is -0.0102. The van der Waals surface area contributed by atoms with Crippen LogP contribution in [-0.4, -0.2) is 39.3 Å². The van der Waals surface area contributed by atoms with Gasteiger partial charge in [-0.15, -0.1) is 0 Å². The second-order valence-electron chi connectivity index (χ2n) is 12.2. The van der Waals surface area contributed by atoms with E-state index >= 15 is 0 Å². The number of anilines is 1. The normalized spacial score (nSPS) is 13.2. The summed E-state index contributed by atoms with van der Waals surface area (Å²) in [5.41, 5.74) is 1.22. The molecule has 0 amide bonds. The van der Waals surface area contributed by atoms with Gasteiger partial charge in [0.25, 0.3) is 10.0 Å². The average Bonchev–Trinajstić information content (AvgIpc) is 3.37. The summed E-state index contributed by atoms with van der Waals surface area (Å²) in [6, 6.07) is 18.1. The molecule has 7 nitrogen and oxygen atoms in total. The first-order chi connectivity index (χ1) is 19.2. The molecule has 222 valence electrons. The summed E-state index contributed by atoms with van der Waals surface area (Å²) in [4.78, 5) is 2.05. The Kier molecular flexibility index (Phi) is 10.5. The van der Waals surface area contributed by atoms with Crippen molar-refractivity contribution in [3.63, 3.8) is 0 Å². The van der Waals surface area contributed by atoms with Gasteiger partial charge in [0.05, 0.1) is 5.60 Å². The summed E-state index contributed by atoms with van der Waals surface area (Å²) in [7, 11) is -4.10. The van der Waals surface area contributed by atoms with E-state index in [1.165, 1.54) is 5.69 Å². The highest BCUT2D eigenvalue weighted by Gasteiger charge is 2.30. The fourth-order valence-corrected chi connectivity index (χ4v) is 6.28. The number of benzene rings is 2. The van der Waals surface area contributed by atoms with Crippen molar-refractivity contribution in [2.75, 3.05) is 24.6 Å². The predicted molar refractivity (Wildman–Crippen MR) is 169 cm³/mol. The van der Waals surface area contributed by atoms with Gasteiger partial charge in [0, 0.05) is 42.1 Å². The Labute approximate surface area is 246 Å². The van der Waals surface area contributed by atoms with Crippen LogP contribution in [0, 0.1) is 11.3 Å². The molecule has 2 aromatic carbocycles. The highest BCUT2D eigenvalue weighted by atomic mass is 32.2. The molecule has 0 aliphatic heterocycles. The highest BCUT2D eigenvalue weighted by Crippen LogP contribution is 2.32. The molecule has 0 fully saturated rings. The lowest BCUT2D eigenvalue weighted by Crippen LogP contribution is -2.45. The van der Waals surface area contributed by atoms with Gasteiger partial charge in [-0.3, -0.25) is 0 Å². The van der Waals surface area contributed by atoms with Gasteiger partial charge in [0.1, 0.15) is 17.6 Å². The molecule has 3 aromatic rings. The van der Waals surface area contributed by atoms with Crippen molar-refractivity contribution in [2.24, 2.45) is 0 Å². The summed E-state index contributed by atoms with van der Waals surface area (Å²) >= 11 is 0. The molecule has 1 heterocycles. The summed E-state index contributed by atoms with van der Waals surface area (Å²) in [5.74, 6) is 0.937. The van der Waals surface area contributed by atoms with Gasteiger partial charge in [-0.1, -0.05) is 32.0 Å². The minimum Gasteiger partial charge on any atom is -0.456 e. The summed E-state index contributed by atoms with van der Waals surface area (Å²) < 4.78 is 41.0. The van der Waals surface area contributed by atoms with E-state index in [0.717, 1.165) is 42.3 Å². The number of nitriles is 1. The fraction of sp³-hybridized carbons (Fsp3) is 0.485. The average molecular weight is 580 g/mol. The van der Waals surface area contributed by atoms with Crippen molar-refractivity contribution in [1.29, 1.82) is 5.26 Å². The van der Waals surface area contributed by atoms with E-state index in [-0.39, 0.29) is 16.1 Å². The standard InChI is InChI=1S/C33H45N3O4S/c1-9-18-36(19-10-2)28-14-13-25-21-27(12-11-26(25)22-28)30-16-15-29(40-30)24(3)31(23-34)41(37,38)35-33(7,8)17-20-39-32(4,5)6/h11-16,21-22,35H,9-10,17-20H2,1-8H3. The van der Waals surface area contributed by atoms with Gasteiger partial charge in [-0.05, 0) is 102 Å². The molecule has 0 spiro atoms. The van der Waals surface area contributed by atoms with Gasteiger partial charge in [-0.2, -0.15) is 5.26 Å². The first-order valence-corrected chi connectivity index (χ1v) is 15.9. The zero-order valence-corrected chi connectivity index (χ0v) is 26.6. The van der Waals surface area contributed by atoms with Crippen molar-refractivity contribution < 1.29 is 17.6 Å². The number of rotatable bonds is 13. The molecule has 0 saturated heterocycles. The molecular weight excluding hydrogens is 534 g/mol. The Hall–Kier alpha value is -3.12. The lowest BCUT2D eigenvalue weighted by Gasteiger charge is -2.28. The van der Waals surface area contributed by atoms with Crippen LogP contribution in [-0.2, 0) is 14.8 Å². The first kappa shape index (κ1) is 32.4. The third kappa shape index (κ3) is 8.68. The maximum Gasteiger partial charge on any atom is 0.251 e. The van der Waals surface area contributed by atoms with E-state index in [1.807, 2.05) is 32.9 Å². The molecule has 0 saturated carbocycles. The van der Waals surface area contributed by atoms with Crippen molar-refractivity contribution in [2.45, 2.75) is 85.8 Å². The van der Waals surface area contributed by atoms with Crippen molar-refractivity contribution in [3.8, 4) is 17.4 Å². The minimum atomic E-state index is -4.10.